The molecule has 1 aromatic rings. The Morgan fingerprint density at radius 3 is 2.50 bits per heavy atom. The van der Waals surface area contributed by atoms with Gasteiger partial charge < -0.3 is 16.0 Å². The number of nitrogen functional groups attached to an aromatic ring is 1. The van der Waals surface area contributed by atoms with Crippen molar-refractivity contribution in [2.24, 2.45) is 0 Å². The van der Waals surface area contributed by atoms with Crippen LogP contribution >= 0.6 is 0 Å². The molecule has 0 unspecified atom stereocenters. The molecule has 1 aromatic carbocycles. The SMILES string of the molecule is C.CCNCCN(C=O)c1ccc(N)cc1. The lowest BCUT2D eigenvalue weighted by Gasteiger charge is -2.17. The number of anilines is 2. The maximum Gasteiger partial charge on any atom is 0.214 e. The Morgan fingerprint density at radius 1 is 1.38 bits per heavy atom. The third kappa shape index (κ3) is 4.31. The topological polar surface area (TPSA) is 58.4 Å². The maximum atomic E-state index is 10.9. The number of carbonyl (C=O) groups excluding carboxylic acids is 1. The summed E-state index contributed by atoms with van der Waals surface area (Å²) in [6.07, 6.45) is 0.836. The first-order valence-electron chi connectivity index (χ1n) is 5.06. The van der Waals surface area contributed by atoms with Gasteiger partial charge in [0.1, 0.15) is 0 Å². The zero-order chi connectivity index (χ0) is 11.1. The molecular weight excluding hydrogens is 202 g/mol. The first-order valence-corrected chi connectivity index (χ1v) is 5.06. The highest BCUT2D eigenvalue weighted by Gasteiger charge is 2.03. The second-order valence-electron chi connectivity index (χ2n) is 3.24. The molecule has 1 rings (SSSR count). The third-order valence-corrected chi connectivity index (χ3v) is 2.13. The molecule has 0 atom stereocenters. The van der Waals surface area contributed by atoms with Gasteiger partial charge in [0.15, 0.2) is 0 Å². The number of nitrogens with two attached hydrogens (primary N) is 1. The molecule has 0 aliphatic rings. The number of hydrogen-bond acceptors (Lipinski definition) is 3. The van der Waals surface area contributed by atoms with E-state index < -0.39 is 0 Å². The quantitative estimate of drug-likeness (QED) is 0.436. The number of hydrogen-bond donors (Lipinski definition) is 2. The van der Waals surface area contributed by atoms with Crippen LogP contribution < -0.4 is 16.0 Å². The third-order valence-electron chi connectivity index (χ3n) is 2.13. The van der Waals surface area contributed by atoms with Crippen LogP contribution in [0.25, 0.3) is 0 Å². The summed E-state index contributed by atoms with van der Waals surface area (Å²) in [7, 11) is 0. The minimum Gasteiger partial charge on any atom is -0.399 e. The van der Waals surface area contributed by atoms with E-state index in [9.17, 15) is 4.79 Å². The zero-order valence-electron chi connectivity index (χ0n) is 8.94. The smallest absolute Gasteiger partial charge is 0.214 e. The van der Waals surface area contributed by atoms with Crippen LogP contribution in [0.15, 0.2) is 24.3 Å². The van der Waals surface area contributed by atoms with Gasteiger partial charge in [0.05, 0.1) is 0 Å². The van der Waals surface area contributed by atoms with Crippen molar-refractivity contribution >= 4 is 17.8 Å². The molecule has 0 bridgehead atoms. The highest BCUT2D eigenvalue weighted by Crippen LogP contribution is 2.14. The van der Waals surface area contributed by atoms with Gasteiger partial charge in [-0.1, -0.05) is 14.4 Å². The van der Waals surface area contributed by atoms with E-state index in [1.54, 1.807) is 17.0 Å². The Kier molecular flexibility index (Phi) is 6.96. The van der Waals surface area contributed by atoms with Crippen molar-refractivity contribution < 1.29 is 4.79 Å². The lowest BCUT2D eigenvalue weighted by Crippen LogP contribution is -2.30. The summed E-state index contributed by atoms with van der Waals surface area (Å²) in [5.74, 6) is 0. The summed E-state index contributed by atoms with van der Waals surface area (Å²) >= 11 is 0. The Hall–Kier alpha value is -1.55. The molecule has 0 heterocycles. The Morgan fingerprint density at radius 2 is 2.00 bits per heavy atom. The molecule has 0 aromatic heterocycles. The summed E-state index contributed by atoms with van der Waals surface area (Å²) in [5.41, 5.74) is 7.15. The summed E-state index contributed by atoms with van der Waals surface area (Å²) < 4.78 is 0. The van der Waals surface area contributed by atoms with Gasteiger partial charge in [0, 0.05) is 24.5 Å². The van der Waals surface area contributed by atoms with Crippen LogP contribution in [0.4, 0.5) is 11.4 Å². The maximum absolute atomic E-state index is 10.9. The van der Waals surface area contributed by atoms with Crippen molar-refractivity contribution in [1.82, 2.24) is 5.32 Å². The van der Waals surface area contributed by atoms with E-state index in [0.29, 0.717) is 12.2 Å². The highest BCUT2D eigenvalue weighted by molar-refractivity contribution is 5.75. The number of nitrogens with zero attached hydrogens (tertiary/aromatic N) is 1. The van der Waals surface area contributed by atoms with Crippen LogP contribution in [0.1, 0.15) is 14.4 Å². The van der Waals surface area contributed by atoms with Gasteiger partial charge >= 0.3 is 0 Å². The number of rotatable bonds is 6. The van der Waals surface area contributed by atoms with Crippen molar-refractivity contribution in [3.63, 3.8) is 0 Å². The van der Waals surface area contributed by atoms with Crippen molar-refractivity contribution in [3.05, 3.63) is 24.3 Å². The predicted molar refractivity (Wildman–Crippen MR) is 69.5 cm³/mol. The highest BCUT2D eigenvalue weighted by atomic mass is 16.1. The minimum atomic E-state index is 0. The lowest BCUT2D eigenvalue weighted by atomic mass is 10.2. The summed E-state index contributed by atoms with van der Waals surface area (Å²) in [4.78, 5) is 12.5. The molecular formula is C12H21N3O. The first kappa shape index (κ1) is 14.5. The van der Waals surface area contributed by atoms with Crippen molar-refractivity contribution in [3.8, 4) is 0 Å². The summed E-state index contributed by atoms with van der Waals surface area (Å²) in [6.45, 7) is 4.41. The van der Waals surface area contributed by atoms with Gasteiger partial charge in [-0.3, -0.25) is 4.79 Å². The molecule has 0 saturated heterocycles. The molecule has 4 nitrogen and oxygen atoms in total. The average Bonchev–Trinajstić information content (AvgIpc) is 2.26. The second kappa shape index (κ2) is 7.70. The second-order valence-corrected chi connectivity index (χ2v) is 3.24. The van der Waals surface area contributed by atoms with E-state index in [-0.39, 0.29) is 7.43 Å². The molecule has 16 heavy (non-hydrogen) atoms. The van der Waals surface area contributed by atoms with Gasteiger partial charge in [0.25, 0.3) is 0 Å². The van der Waals surface area contributed by atoms with E-state index >= 15 is 0 Å². The van der Waals surface area contributed by atoms with Crippen LogP contribution in [-0.2, 0) is 4.79 Å². The van der Waals surface area contributed by atoms with Crippen molar-refractivity contribution in [2.45, 2.75) is 14.4 Å². The van der Waals surface area contributed by atoms with E-state index in [2.05, 4.69) is 5.32 Å². The Balaban J connectivity index is 0.00000225. The molecule has 90 valence electrons. The van der Waals surface area contributed by atoms with Gasteiger partial charge in [-0.05, 0) is 30.8 Å². The number of benzene rings is 1. The number of likely N-dealkylation sites (N-methyl/N-ethyl adjacent to an activating group) is 1. The molecule has 0 aliphatic heterocycles. The average molecular weight is 223 g/mol. The molecule has 0 fully saturated rings. The van der Waals surface area contributed by atoms with E-state index in [1.165, 1.54) is 0 Å². The van der Waals surface area contributed by atoms with Gasteiger partial charge in [-0.15, -0.1) is 0 Å². The van der Waals surface area contributed by atoms with Crippen LogP contribution in [0, 0.1) is 0 Å². The fourth-order valence-electron chi connectivity index (χ4n) is 1.28. The zero-order valence-corrected chi connectivity index (χ0v) is 8.94. The van der Waals surface area contributed by atoms with Crippen LogP contribution in [0.5, 0.6) is 0 Å². The number of carbonyl (C=O) groups is 1. The first-order chi connectivity index (χ1) is 7.27. The molecule has 0 spiro atoms. The number of nitrogens with one attached hydrogen (secondary N) is 1. The standard InChI is InChI=1S/C11H17N3O.CH4/c1-2-13-7-8-14(9-15)11-5-3-10(12)4-6-11;/h3-6,9,13H,2,7-8,12H2,1H3;1H4. The van der Waals surface area contributed by atoms with E-state index in [1.807, 2.05) is 19.1 Å². The van der Waals surface area contributed by atoms with Crippen molar-refractivity contribution in [2.75, 3.05) is 30.3 Å². The molecule has 1 amide bonds. The van der Waals surface area contributed by atoms with E-state index in [4.69, 9.17) is 5.73 Å². The van der Waals surface area contributed by atoms with E-state index in [0.717, 1.165) is 25.2 Å². The summed E-state index contributed by atoms with van der Waals surface area (Å²) in [5, 5.41) is 3.17. The fraction of sp³-hybridized carbons (Fsp3) is 0.417. The van der Waals surface area contributed by atoms with Gasteiger partial charge in [-0.2, -0.15) is 0 Å². The normalized spacial score (nSPS) is 9.31. The predicted octanol–water partition coefficient (Wildman–Crippen LogP) is 1.48. The fourth-order valence-corrected chi connectivity index (χ4v) is 1.28. The molecule has 0 saturated carbocycles. The minimum absolute atomic E-state index is 0. The largest absolute Gasteiger partial charge is 0.399 e. The van der Waals surface area contributed by atoms with Crippen LogP contribution in [0.2, 0.25) is 0 Å². The molecule has 4 heteroatoms. The van der Waals surface area contributed by atoms with Crippen molar-refractivity contribution in [1.29, 1.82) is 0 Å². The van der Waals surface area contributed by atoms with Crippen LogP contribution in [0.3, 0.4) is 0 Å². The van der Waals surface area contributed by atoms with Crippen LogP contribution in [-0.4, -0.2) is 26.0 Å². The number of amides is 1. The Bertz CT molecular complexity index is 298. The molecule has 0 aliphatic carbocycles. The summed E-state index contributed by atoms with van der Waals surface area (Å²) in [6, 6.07) is 7.27. The van der Waals surface area contributed by atoms with Gasteiger partial charge in [0.2, 0.25) is 6.41 Å². The monoisotopic (exact) mass is 223 g/mol. The lowest BCUT2D eigenvalue weighted by molar-refractivity contribution is -0.107. The molecule has 3 N–H and O–H groups in total. The van der Waals surface area contributed by atoms with Gasteiger partial charge in [-0.25, -0.2) is 0 Å². The molecule has 0 radical (unpaired) electrons. The Labute approximate surface area is 97.4 Å².